The van der Waals surface area contributed by atoms with Gasteiger partial charge in [0.1, 0.15) is 0 Å². The van der Waals surface area contributed by atoms with Crippen molar-refractivity contribution >= 4 is 6.09 Å². The van der Waals surface area contributed by atoms with Crippen LogP contribution in [0.5, 0.6) is 5.88 Å². The lowest BCUT2D eigenvalue weighted by Crippen LogP contribution is -2.17. The predicted octanol–water partition coefficient (Wildman–Crippen LogP) is 0.123. The van der Waals surface area contributed by atoms with E-state index in [-0.39, 0.29) is 5.88 Å². The van der Waals surface area contributed by atoms with Gasteiger partial charge >= 0.3 is 6.09 Å². The van der Waals surface area contributed by atoms with Crippen LogP contribution in [0.15, 0.2) is 12.4 Å². The first-order valence-electron chi connectivity index (χ1n) is 3.99. The van der Waals surface area contributed by atoms with E-state index in [2.05, 4.69) is 14.7 Å². The van der Waals surface area contributed by atoms with Crippen molar-refractivity contribution < 1.29 is 14.3 Å². The molecule has 0 aliphatic rings. The van der Waals surface area contributed by atoms with Gasteiger partial charge < -0.3 is 15.2 Å². The molecule has 0 aliphatic heterocycles. The maximum atomic E-state index is 10.3. The molecule has 0 aromatic carbocycles. The molecule has 76 valence electrons. The van der Waals surface area contributed by atoms with E-state index in [1.807, 2.05) is 0 Å². The number of hydrogen-bond donors (Lipinski definition) is 1. The molecule has 0 spiro atoms. The van der Waals surface area contributed by atoms with E-state index in [4.69, 9.17) is 10.5 Å². The van der Waals surface area contributed by atoms with E-state index in [9.17, 15) is 4.79 Å². The second kappa shape index (κ2) is 5.13. The summed E-state index contributed by atoms with van der Waals surface area (Å²) in [6.45, 7) is 0.574. The molecule has 1 heterocycles. The molecular weight excluding hydrogens is 186 g/mol. The number of methoxy groups -OCH3 is 1. The van der Waals surface area contributed by atoms with Crippen LogP contribution in [0.3, 0.4) is 0 Å². The molecule has 0 fully saturated rings. The summed E-state index contributed by atoms with van der Waals surface area (Å²) >= 11 is 0. The highest BCUT2D eigenvalue weighted by molar-refractivity contribution is 5.67. The van der Waals surface area contributed by atoms with E-state index < -0.39 is 6.09 Å². The summed E-state index contributed by atoms with van der Waals surface area (Å²) in [5.41, 5.74) is 5.56. The lowest BCUT2D eigenvalue weighted by atomic mass is 10.3. The van der Waals surface area contributed by atoms with Gasteiger partial charge in [0, 0.05) is 13.5 Å². The Kier molecular flexibility index (Phi) is 3.81. The van der Waals surface area contributed by atoms with Crippen LogP contribution in [0.1, 0.15) is 5.69 Å². The van der Waals surface area contributed by atoms with Gasteiger partial charge in [0.15, 0.2) is 0 Å². The Bertz CT molecular complexity index is 299. The Balaban J connectivity index is 2.54. The first kappa shape index (κ1) is 10.4. The van der Waals surface area contributed by atoms with Crippen molar-refractivity contribution in [3.8, 4) is 5.88 Å². The van der Waals surface area contributed by atoms with Crippen LogP contribution in [0.4, 0.5) is 4.79 Å². The highest BCUT2D eigenvalue weighted by Crippen LogP contribution is 2.04. The number of carbonyl (C=O) groups excluding carboxylic acids is 1. The first-order valence-corrected chi connectivity index (χ1v) is 3.99. The first-order chi connectivity index (χ1) is 6.72. The molecule has 0 aliphatic carbocycles. The number of primary amides is 1. The molecule has 1 aromatic heterocycles. The molecular formula is C8H11N3O3. The molecule has 1 amide bonds. The normalized spacial score (nSPS) is 9.79. The van der Waals surface area contributed by atoms with E-state index in [0.717, 1.165) is 5.69 Å². The van der Waals surface area contributed by atoms with Gasteiger partial charge in [-0.05, 0) is 0 Å². The van der Waals surface area contributed by atoms with E-state index in [1.54, 1.807) is 7.11 Å². The smallest absolute Gasteiger partial charge is 0.390 e. The minimum absolute atomic E-state index is 0.0960. The fourth-order valence-corrected chi connectivity index (χ4v) is 0.834. The molecule has 0 saturated heterocycles. The zero-order valence-corrected chi connectivity index (χ0v) is 7.77. The molecule has 14 heavy (non-hydrogen) atoms. The van der Waals surface area contributed by atoms with Crippen molar-refractivity contribution in [2.45, 2.75) is 6.42 Å². The van der Waals surface area contributed by atoms with Crippen molar-refractivity contribution in [1.82, 2.24) is 9.97 Å². The van der Waals surface area contributed by atoms with Crippen molar-refractivity contribution in [3.05, 3.63) is 18.1 Å². The van der Waals surface area contributed by atoms with Crippen LogP contribution in [0.25, 0.3) is 0 Å². The van der Waals surface area contributed by atoms with Gasteiger partial charge in [-0.3, -0.25) is 4.98 Å². The number of nitrogens with zero attached hydrogens (tertiary/aromatic N) is 2. The Morgan fingerprint density at radius 1 is 1.50 bits per heavy atom. The average molecular weight is 197 g/mol. The van der Waals surface area contributed by atoms with Gasteiger partial charge in [-0.1, -0.05) is 0 Å². The number of rotatable bonds is 4. The lowest BCUT2D eigenvalue weighted by molar-refractivity contribution is 0.201. The minimum atomic E-state index is -0.899. The fourth-order valence-electron chi connectivity index (χ4n) is 0.834. The summed E-state index contributed by atoms with van der Waals surface area (Å²) in [5.74, 6) is 0.0960. The van der Waals surface area contributed by atoms with Crippen molar-refractivity contribution in [2.75, 3.05) is 13.7 Å². The van der Waals surface area contributed by atoms with E-state index >= 15 is 0 Å². The number of carbonyl (C=O) groups is 1. The Morgan fingerprint density at radius 3 is 2.79 bits per heavy atom. The molecule has 1 rings (SSSR count). The Morgan fingerprint density at radius 2 is 2.29 bits per heavy atom. The third-order valence-electron chi connectivity index (χ3n) is 1.45. The molecule has 0 saturated carbocycles. The molecule has 0 radical (unpaired) electrons. The van der Waals surface area contributed by atoms with Gasteiger partial charge in [-0.25, -0.2) is 9.78 Å². The summed E-state index contributed by atoms with van der Waals surface area (Å²) in [7, 11) is 1.61. The SMILES string of the molecule is COCCc1cnc(OC(N)=O)cn1. The number of hydrogen-bond acceptors (Lipinski definition) is 5. The van der Waals surface area contributed by atoms with Crippen LogP contribution < -0.4 is 10.5 Å². The van der Waals surface area contributed by atoms with Gasteiger partial charge in [0.05, 0.1) is 24.7 Å². The maximum absolute atomic E-state index is 10.3. The largest absolute Gasteiger partial charge is 0.411 e. The fraction of sp³-hybridized carbons (Fsp3) is 0.375. The monoisotopic (exact) mass is 197 g/mol. The highest BCUT2D eigenvalue weighted by atomic mass is 16.6. The van der Waals surface area contributed by atoms with Crippen LogP contribution in [0, 0.1) is 0 Å². The summed E-state index contributed by atoms with van der Waals surface area (Å²) in [4.78, 5) is 18.2. The van der Waals surface area contributed by atoms with E-state index in [1.165, 1.54) is 12.4 Å². The zero-order chi connectivity index (χ0) is 10.4. The van der Waals surface area contributed by atoms with Crippen molar-refractivity contribution in [2.24, 2.45) is 5.73 Å². The summed E-state index contributed by atoms with van der Waals surface area (Å²) in [6.07, 6.45) is 2.62. The summed E-state index contributed by atoms with van der Waals surface area (Å²) in [5, 5.41) is 0. The second-order valence-corrected chi connectivity index (χ2v) is 2.51. The maximum Gasteiger partial charge on any atom is 0.411 e. The molecule has 6 nitrogen and oxygen atoms in total. The highest BCUT2D eigenvalue weighted by Gasteiger charge is 2.01. The number of aromatic nitrogens is 2. The molecule has 0 unspecified atom stereocenters. The van der Waals surface area contributed by atoms with Gasteiger partial charge in [0.2, 0.25) is 5.88 Å². The summed E-state index contributed by atoms with van der Waals surface area (Å²) in [6, 6.07) is 0. The third-order valence-corrected chi connectivity index (χ3v) is 1.45. The third kappa shape index (κ3) is 3.36. The number of nitrogens with two attached hydrogens (primary N) is 1. The van der Waals surface area contributed by atoms with Crippen LogP contribution in [0.2, 0.25) is 0 Å². The number of amides is 1. The molecule has 1 aromatic rings. The van der Waals surface area contributed by atoms with Crippen molar-refractivity contribution in [1.29, 1.82) is 0 Å². The number of ether oxygens (including phenoxy) is 2. The van der Waals surface area contributed by atoms with Gasteiger partial charge in [-0.15, -0.1) is 0 Å². The quantitative estimate of drug-likeness (QED) is 0.740. The minimum Gasteiger partial charge on any atom is -0.390 e. The average Bonchev–Trinajstić information content (AvgIpc) is 2.16. The zero-order valence-electron chi connectivity index (χ0n) is 7.77. The predicted molar refractivity (Wildman–Crippen MR) is 47.8 cm³/mol. The van der Waals surface area contributed by atoms with Crippen molar-refractivity contribution in [3.63, 3.8) is 0 Å². The molecule has 0 bridgehead atoms. The summed E-state index contributed by atoms with van der Waals surface area (Å²) < 4.78 is 9.38. The topological polar surface area (TPSA) is 87.3 Å². The van der Waals surface area contributed by atoms with Crippen LogP contribution >= 0.6 is 0 Å². The Hall–Kier alpha value is -1.69. The van der Waals surface area contributed by atoms with E-state index in [0.29, 0.717) is 13.0 Å². The second-order valence-electron chi connectivity index (χ2n) is 2.51. The van der Waals surface area contributed by atoms with Gasteiger partial charge in [-0.2, -0.15) is 0 Å². The standard InChI is InChI=1S/C8H11N3O3/c1-13-3-2-6-4-11-7(5-10-6)14-8(9)12/h4-5H,2-3H2,1H3,(H2,9,12). The molecule has 0 atom stereocenters. The van der Waals surface area contributed by atoms with Crippen LogP contribution in [-0.2, 0) is 11.2 Å². The Labute approximate surface area is 81.1 Å². The van der Waals surface area contributed by atoms with Gasteiger partial charge in [0.25, 0.3) is 0 Å². The molecule has 6 heteroatoms. The molecule has 2 N–H and O–H groups in total. The van der Waals surface area contributed by atoms with Crippen LogP contribution in [-0.4, -0.2) is 29.8 Å². The lowest BCUT2D eigenvalue weighted by Gasteiger charge is -2.01.